The Morgan fingerprint density at radius 3 is 2.60 bits per heavy atom. The predicted molar refractivity (Wildman–Crippen MR) is 75.6 cm³/mol. The zero-order valence-electron chi connectivity index (χ0n) is 12.5. The first-order valence-electron chi connectivity index (χ1n) is 7.41. The first-order valence-corrected chi connectivity index (χ1v) is 7.41. The highest BCUT2D eigenvalue weighted by Crippen LogP contribution is 2.27. The number of carbonyl (C=O) groups is 2. The molecule has 1 heterocycles. The van der Waals surface area contributed by atoms with Crippen LogP contribution in [0.3, 0.4) is 0 Å². The van der Waals surface area contributed by atoms with E-state index in [0.29, 0.717) is 19.1 Å². The molecule has 2 amide bonds. The first-order chi connectivity index (χ1) is 9.41. The van der Waals surface area contributed by atoms with Crippen molar-refractivity contribution in [1.29, 1.82) is 0 Å². The van der Waals surface area contributed by atoms with Gasteiger partial charge in [0.1, 0.15) is 6.04 Å². The maximum atomic E-state index is 12.2. The van der Waals surface area contributed by atoms with Gasteiger partial charge in [-0.15, -0.1) is 0 Å². The Morgan fingerprint density at radius 2 is 2.05 bits per heavy atom. The van der Waals surface area contributed by atoms with Crippen LogP contribution >= 0.6 is 0 Å². The Kier molecular flexibility index (Phi) is 4.52. The van der Waals surface area contributed by atoms with Crippen molar-refractivity contribution in [3.63, 3.8) is 0 Å². The number of aliphatic carboxylic acids is 1. The molecule has 0 spiro atoms. The maximum Gasteiger partial charge on any atom is 0.326 e. The molecule has 6 heteroatoms. The van der Waals surface area contributed by atoms with Crippen molar-refractivity contribution in [3.05, 3.63) is 0 Å². The molecule has 0 radical (unpaired) electrons. The molecule has 6 nitrogen and oxygen atoms in total. The van der Waals surface area contributed by atoms with Gasteiger partial charge in [0.05, 0.1) is 0 Å². The molecule has 0 aromatic carbocycles. The largest absolute Gasteiger partial charge is 0.480 e. The van der Waals surface area contributed by atoms with Gasteiger partial charge in [0.25, 0.3) is 0 Å². The molecule has 114 valence electrons. The molecule has 1 aliphatic heterocycles. The SMILES string of the molecule is CC1CCN(C(=O)NCC(C)N(C)C2CC2)C1C(=O)O. The molecular weight excluding hydrogens is 258 g/mol. The number of carbonyl (C=O) groups excluding carboxylic acids is 1. The second kappa shape index (κ2) is 5.99. The number of carboxylic acids is 1. The van der Waals surface area contributed by atoms with Crippen molar-refractivity contribution in [2.24, 2.45) is 5.92 Å². The minimum absolute atomic E-state index is 0.0183. The lowest BCUT2D eigenvalue weighted by Gasteiger charge is -2.27. The average Bonchev–Trinajstić information content (AvgIpc) is 3.17. The van der Waals surface area contributed by atoms with Gasteiger partial charge < -0.3 is 15.3 Å². The molecule has 20 heavy (non-hydrogen) atoms. The number of hydrogen-bond donors (Lipinski definition) is 2. The van der Waals surface area contributed by atoms with E-state index in [4.69, 9.17) is 0 Å². The summed E-state index contributed by atoms with van der Waals surface area (Å²) >= 11 is 0. The number of carboxylic acid groups (broad SMARTS) is 1. The smallest absolute Gasteiger partial charge is 0.326 e. The van der Waals surface area contributed by atoms with Crippen molar-refractivity contribution in [3.8, 4) is 0 Å². The summed E-state index contributed by atoms with van der Waals surface area (Å²) in [6.45, 7) is 5.05. The number of hydrogen-bond acceptors (Lipinski definition) is 3. The summed E-state index contributed by atoms with van der Waals surface area (Å²) < 4.78 is 0. The Balaban J connectivity index is 1.83. The highest BCUT2D eigenvalue weighted by atomic mass is 16.4. The van der Waals surface area contributed by atoms with E-state index in [1.165, 1.54) is 17.7 Å². The zero-order valence-corrected chi connectivity index (χ0v) is 12.5. The number of amides is 2. The monoisotopic (exact) mass is 283 g/mol. The number of likely N-dealkylation sites (N-methyl/N-ethyl adjacent to an activating group) is 1. The molecule has 1 saturated carbocycles. The number of likely N-dealkylation sites (tertiary alicyclic amines) is 1. The summed E-state index contributed by atoms with van der Waals surface area (Å²) in [5.74, 6) is -0.891. The Morgan fingerprint density at radius 1 is 1.40 bits per heavy atom. The van der Waals surface area contributed by atoms with Crippen LogP contribution in [0.15, 0.2) is 0 Å². The van der Waals surface area contributed by atoms with E-state index in [-0.39, 0.29) is 18.0 Å². The van der Waals surface area contributed by atoms with Crippen LogP contribution in [0.25, 0.3) is 0 Å². The Labute approximate surface area is 120 Å². The summed E-state index contributed by atoms with van der Waals surface area (Å²) in [5, 5.41) is 12.1. The molecule has 0 aromatic rings. The fourth-order valence-electron chi connectivity index (χ4n) is 2.87. The van der Waals surface area contributed by atoms with Crippen molar-refractivity contribution in [2.75, 3.05) is 20.1 Å². The number of urea groups is 1. The fraction of sp³-hybridized carbons (Fsp3) is 0.857. The molecule has 1 aliphatic carbocycles. The molecule has 3 unspecified atom stereocenters. The maximum absolute atomic E-state index is 12.2. The van der Waals surface area contributed by atoms with Crippen LogP contribution < -0.4 is 5.32 Å². The van der Waals surface area contributed by atoms with Gasteiger partial charge in [-0.25, -0.2) is 9.59 Å². The summed E-state index contributed by atoms with van der Waals surface area (Å²) in [4.78, 5) is 27.1. The third-order valence-corrected chi connectivity index (χ3v) is 4.58. The fourth-order valence-corrected chi connectivity index (χ4v) is 2.87. The van der Waals surface area contributed by atoms with E-state index < -0.39 is 12.0 Å². The minimum atomic E-state index is -0.909. The highest BCUT2D eigenvalue weighted by Gasteiger charge is 2.39. The second-order valence-corrected chi connectivity index (χ2v) is 6.17. The van der Waals surface area contributed by atoms with Gasteiger partial charge in [-0.05, 0) is 39.2 Å². The van der Waals surface area contributed by atoms with Crippen LogP contribution in [0.5, 0.6) is 0 Å². The molecule has 2 fully saturated rings. The molecule has 0 aromatic heterocycles. The summed E-state index contributed by atoms with van der Waals surface area (Å²) in [6, 6.07) is -0.0144. The third kappa shape index (κ3) is 3.23. The average molecular weight is 283 g/mol. The van der Waals surface area contributed by atoms with Gasteiger partial charge in [0.2, 0.25) is 0 Å². The number of nitrogens with zero attached hydrogens (tertiary/aromatic N) is 2. The Hall–Kier alpha value is -1.30. The molecule has 2 aliphatic rings. The standard InChI is InChI=1S/C14H25N3O3/c1-9-6-7-17(12(9)13(18)19)14(20)15-8-10(2)16(3)11-4-5-11/h9-12H,4-8H2,1-3H3,(H,15,20)(H,18,19). The van der Waals surface area contributed by atoms with Crippen LogP contribution in [0.1, 0.15) is 33.1 Å². The highest BCUT2D eigenvalue weighted by molar-refractivity contribution is 5.83. The molecule has 0 bridgehead atoms. The summed E-state index contributed by atoms with van der Waals surface area (Å²) in [6.07, 6.45) is 3.22. The predicted octanol–water partition coefficient (Wildman–Crippen LogP) is 0.974. The van der Waals surface area contributed by atoms with Crippen LogP contribution in [0.4, 0.5) is 4.79 Å². The lowest BCUT2D eigenvalue weighted by Crippen LogP contribution is -2.50. The lowest BCUT2D eigenvalue weighted by atomic mass is 10.0. The molecule has 1 saturated heterocycles. The van der Waals surface area contributed by atoms with E-state index in [1.807, 2.05) is 6.92 Å². The number of nitrogens with one attached hydrogen (secondary N) is 1. The van der Waals surface area contributed by atoms with E-state index >= 15 is 0 Å². The van der Waals surface area contributed by atoms with Gasteiger partial charge >= 0.3 is 12.0 Å². The normalized spacial score (nSPS) is 27.7. The van der Waals surface area contributed by atoms with Crippen LogP contribution in [-0.2, 0) is 4.79 Å². The first kappa shape index (κ1) is 15.1. The van der Waals surface area contributed by atoms with E-state index in [9.17, 15) is 14.7 Å². The van der Waals surface area contributed by atoms with Gasteiger partial charge in [0.15, 0.2) is 0 Å². The topological polar surface area (TPSA) is 72.9 Å². The van der Waals surface area contributed by atoms with Crippen molar-refractivity contribution in [1.82, 2.24) is 15.1 Å². The van der Waals surface area contributed by atoms with Gasteiger partial charge in [0, 0.05) is 25.2 Å². The van der Waals surface area contributed by atoms with Crippen LogP contribution in [-0.4, -0.2) is 65.2 Å². The van der Waals surface area contributed by atoms with Crippen molar-refractivity contribution >= 4 is 12.0 Å². The minimum Gasteiger partial charge on any atom is -0.480 e. The molecule has 2 rings (SSSR count). The van der Waals surface area contributed by atoms with Gasteiger partial charge in [-0.3, -0.25) is 4.90 Å². The van der Waals surface area contributed by atoms with Crippen molar-refractivity contribution in [2.45, 2.75) is 51.2 Å². The van der Waals surface area contributed by atoms with Crippen molar-refractivity contribution < 1.29 is 14.7 Å². The summed E-state index contributed by atoms with van der Waals surface area (Å²) in [5.41, 5.74) is 0. The second-order valence-electron chi connectivity index (χ2n) is 6.17. The molecular formula is C14H25N3O3. The van der Waals surface area contributed by atoms with Crippen LogP contribution in [0, 0.1) is 5.92 Å². The van der Waals surface area contributed by atoms with E-state index in [0.717, 1.165) is 6.42 Å². The molecule has 2 N–H and O–H groups in total. The van der Waals surface area contributed by atoms with Gasteiger partial charge in [-0.1, -0.05) is 6.92 Å². The lowest BCUT2D eigenvalue weighted by molar-refractivity contribution is -0.142. The van der Waals surface area contributed by atoms with Crippen LogP contribution in [0.2, 0.25) is 0 Å². The van der Waals surface area contributed by atoms with Gasteiger partial charge in [-0.2, -0.15) is 0 Å². The van der Waals surface area contributed by atoms with E-state index in [1.54, 1.807) is 0 Å². The zero-order chi connectivity index (χ0) is 14.9. The molecule has 3 atom stereocenters. The quantitative estimate of drug-likeness (QED) is 0.788. The third-order valence-electron chi connectivity index (χ3n) is 4.58. The Bertz CT molecular complexity index is 384. The van der Waals surface area contributed by atoms with E-state index in [2.05, 4.69) is 24.2 Å². The summed E-state index contributed by atoms with van der Waals surface area (Å²) in [7, 11) is 2.08. The number of rotatable bonds is 5.